The lowest BCUT2D eigenvalue weighted by Gasteiger charge is -2.26. The Morgan fingerprint density at radius 1 is 0.300 bits per heavy atom. The molecular formula is C48H34N2. The van der Waals surface area contributed by atoms with E-state index in [9.17, 15) is 0 Å². The van der Waals surface area contributed by atoms with Crippen LogP contribution in [-0.4, -0.2) is 4.57 Å². The largest absolute Gasteiger partial charge is 0.310 e. The van der Waals surface area contributed by atoms with E-state index in [-0.39, 0.29) is 0 Å². The van der Waals surface area contributed by atoms with Gasteiger partial charge in [-0.15, -0.1) is 0 Å². The predicted octanol–water partition coefficient (Wildman–Crippen LogP) is 13.3. The molecule has 50 heavy (non-hydrogen) atoms. The highest BCUT2D eigenvalue weighted by molar-refractivity contribution is 6.11. The third-order valence-corrected chi connectivity index (χ3v) is 9.61. The van der Waals surface area contributed by atoms with Crippen LogP contribution < -0.4 is 4.90 Å². The molecule has 0 unspecified atom stereocenters. The van der Waals surface area contributed by atoms with E-state index in [0.717, 1.165) is 17.1 Å². The SMILES string of the molecule is c1ccc(-c2ccc(N(c3ccc(-c4ccccc4)cc3)c3ccc4c(c3)c3ccccc3n4-c3ccccc3-c3ccccc3)cc2)cc1. The fourth-order valence-corrected chi connectivity index (χ4v) is 7.20. The summed E-state index contributed by atoms with van der Waals surface area (Å²) in [4.78, 5) is 2.37. The van der Waals surface area contributed by atoms with Gasteiger partial charge in [0.05, 0.1) is 16.7 Å². The van der Waals surface area contributed by atoms with E-state index < -0.39 is 0 Å². The lowest BCUT2D eigenvalue weighted by molar-refractivity contribution is 1.18. The first-order chi connectivity index (χ1) is 24.8. The van der Waals surface area contributed by atoms with Gasteiger partial charge in [0.25, 0.3) is 0 Å². The molecule has 0 spiro atoms. The van der Waals surface area contributed by atoms with Crippen molar-refractivity contribution in [2.45, 2.75) is 0 Å². The predicted molar refractivity (Wildman–Crippen MR) is 212 cm³/mol. The van der Waals surface area contributed by atoms with E-state index >= 15 is 0 Å². The molecule has 0 saturated heterocycles. The van der Waals surface area contributed by atoms with Crippen LogP contribution >= 0.6 is 0 Å². The van der Waals surface area contributed by atoms with Crippen LogP contribution in [0, 0.1) is 0 Å². The molecule has 2 heteroatoms. The Balaban J connectivity index is 1.21. The van der Waals surface area contributed by atoms with E-state index in [2.05, 4.69) is 216 Å². The summed E-state index contributed by atoms with van der Waals surface area (Å²) >= 11 is 0. The third kappa shape index (κ3) is 5.34. The summed E-state index contributed by atoms with van der Waals surface area (Å²) in [6.45, 7) is 0. The van der Waals surface area contributed by atoms with Gasteiger partial charge in [0, 0.05) is 33.4 Å². The molecule has 1 heterocycles. The minimum Gasteiger partial charge on any atom is -0.310 e. The van der Waals surface area contributed by atoms with Gasteiger partial charge in [-0.1, -0.05) is 152 Å². The summed E-state index contributed by atoms with van der Waals surface area (Å²) < 4.78 is 2.42. The number of aromatic nitrogens is 1. The van der Waals surface area contributed by atoms with Crippen LogP contribution in [0.5, 0.6) is 0 Å². The Morgan fingerprint density at radius 3 is 1.34 bits per heavy atom. The summed E-state index contributed by atoms with van der Waals surface area (Å²) in [5.74, 6) is 0. The fraction of sp³-hybridized carbons (Fsp3) is 0. The average molecular weight is 639 g/mol. The van der Waals surface area contributed by atoms with E-state index in [1.54, 1.807) is 0 Å². The Kier molecular flexibility index (Phi) is 7.53. The number of rotatable bonds is 7. The molecule has 9 aromatic rings. The molecule has 9 rings (SSSR count). The lowest BCUT2D eigenvalue weighted by Crippen LogP contribution is -2.10. The number of nitrogens with zero attached hydrogens (tertiary/aromatic N) is 2. The summed E-state index contributed by atoms with van der Waals surface area (Å²) in [5, 5.41) is 2.44. The molecule has 0 N–H and O–H groups in total. The first kappa shape index (κ1) is 29.5. The van der Waals surface area contributed by atoms with Crippen molar-refractivity contribution in [2.24, 2.45) is 0 Å². The number of hydrogen-bond acceptors (Lipinski definition) is 1. The van der Waals surface area contributed by atoms with Crippen LogP contribution in [0.3, 0.4) is 0 Å². The molecule has 0 amide bonds. The zero-order chi connectivity index (χ0) is 33.3. The van der Waals surface area contributed by atoms with Crippen molar-refractivity contribution >= 4 is 38.9 Å². The Bertz CT molecular complexity index is 2470. The van der Waals surface area contributed by atoms with Crippen LogP contribution in [0.2, 0.25) is 0 Å². The van der Waals surface area contributed by atoms with Crippen molar-refractivity contribution in [1.29, 1.82) is 0 Å². The van der Waals surface area contributed by atoms with Gasteiger partial charge < -0.3 is 9.47 Å². The Hall–Kier alpha value is -6.64. The highest BCUT2D eigenvalue weighted by Crippen LogP contribution is 2.41. The number of anilines is 3. The molecule has 236 valence electrons. The molecular weight excluding hydrogens is 605 g/mol. The molecule has 0 aliphatic heterocycles. The number of hydrogen-bond donors (Lipinski definition) is 0. The van der Waals surface area contributed by atoms with Crippen LogP contribution in [0.1, 0.15) is 0 Å². The van der Waals surface area contributed by atoms with Crippen molar-refractivity contribution in [1.82, 2.24) is 4.57 Å². The van der Waals surface area contributed by atoms with Gasteiger partial charge >= 0.3 is 0 Å². The second-order valence-electron chi connectivity index (χ2n) is 12.6. The molecule has 0 atom stereocenters. The molecule has 0 bridgehead atoms. The first-order valence-electron chi connectivity index (χ1n) is 17.1. The van der Waals surface area contributed by atoms with Crippen LogP contribution in [0.4, 0.5) is 17.1 Å². The average Bonchev–Trinajstić information content (AvgIpc) is 3.53. The maximum atomic E-state index is 2.42. The summed E-state index contributed by atoms with van der Waals surface area (Å²) in [6.07, 6.45) is 0. The normalized spacial score (nSPS) is 11.2. The van der Waals surface area contributed by atoms with Gasteiger partial charge in [-0.25, -0.2) is 0 Å². The quantitative estimate of drug-likeness (QED) is 0.169. The zero-order valence-corrected chi connectivity index (χ0v) is 27.5. The molecule has 8 aromatic carbocycles. The highest BCUT2D eigenvalue weighted by Gasteiger charge is 2.19. The minimum absolute atomic E-state index is 1.11. The van der Waals surface area contributed by atoms with Crippen molar-refractivity contribution in [3.63, 3.8) is 0 Å². The van der Waals surface area contributed by atoms with Crippen molar-refractivity contribution in [3.05, 3.63) is 206 Å². The van der Waals surface area contributed by atoms with E-state index in [1.807, 2.05) is 0 Å². The molecule has 0 saturated carbocycles. The summed E-state index contributed by atoms with van der Waals surface area (Å²) in [5.41, 5.74) is 14.1. The topological polar surface area (TPSA) is 8.17 Å². The van der Waals surface area contributed by atoms with Gasteiger partial charge in [-0.3, -0.25) is 0 Å². The van der Waals surface area contributed by atoms with Crippen molar-refractivity contribution in [3.8, 4) is 39.1 Å². The second-order valence-corrected chi connectivity index (χ2v) is 12.6. The van der Waals surface area contributed by atoms with Crippen LogP contribution in [0.25, 0.3) is 60.9 Å². The third-order valence-electron chi connectivity index (χ3n) is 9.61. The number of fused-ring (bicyclic) bond motifs is 3. The van der Waals surface area contributed by atoms with Crippen LogP contribution in [0.15, 0.2) is 206 Å². The van der Waals surface area contributed by atoms with E-state index in [0.29, 0.717) is 0 Å². The van der Waals surface area contributed by atoms with Gasteiger partial charge in [0.1, 0.15) is 0 Å². The van der Waals surface area contributed by atoms with Crippen molar-refractivity contribution < 1.29 is 0 Å². The number of para-hydroxylation sites is 2. The molecule has 1 aromatic heterocycles. The number of benzene rings is 8. The van der Waals surface area contributed by atoms with Gasteiger partial charge in [0.15, 0.2) is 0 Å². The lowest BCUT2D eigenvalue weighted by atomic mass is 10.0. The van der Waals surface area contributed by atoms with E-state index in [4.69, 9.17) is 0 Å². The monoisotopic (exact) mass is 638 g/mol. The fourth-order valence-electron chi connectivity index (χ4n) is 7.20. The van der Waals surface area contributed by atoms with Gasteiger partial charge in [-0.05, 0) is 82.4 Å². The standard InChI is InChI=1S/C48H34N2/c1-4-14-35(15-5-1)37-24-28-40(29-25-37)49(41-30-26-38(27-31-41)36-16-6-2-7-17-36)42-32-33-48-45(34-42)44-21-11-13-23-47(44)50(48)46-22-12-10-20-43(46)39-18-8-3-9-19-39/h1-34H. The van der Waals surface area contributed by atoms with Crippen molar-refractivity contribution in [2.75, 3.05) is 4.90 Å². The van der Waals surface area contributed by atoms with Gasteiger partial charge in [-0.2, -0.15) is 0 Å². The molecule has 2 nitrogen and oxygen atoms in total. The van der Waals surface area contributed by atoms with Gasteiger partial charge in [0.2, 0.25) is 0 Å². The summed E-state index contributed by atoms with van der Waals surface area (Å²) in [6, 6.07) is 74.0. The van der Waals surface area contributed by atoms with E-state index in [1.165, 1.54) is 60.9 Å². The second kappa shape index (κ2) is 12.8. The molecule has 0 aliphatic rings. The first-order valence-corrected chi connectivity index (χ1v) is 17.1. The highest BCUT2D eigenvalue weighted by atomic mass is 15.1. The molecule has 0 radical (unpaired) electrons. The zero-order valence-electron chi connectivity index (χ0n) is 27.5. The maximum Gasteiger partial charge on any atom is 0.0542 e. The maximum absolute atomic E-state index is 2.42. The smallest absolute Gasteiger partial charge is 0.0542 e. The molecule has 0 fully saturated rings. The van der Waals surface area contributed by atoms with Crippen LogP contribution in [-0.2, 0) is 0 Å². The molecule has 0 aliphatic carbocycles. The Morgan fingerprint density at radius 2 is 0.740 bits per heavy atom. The summed E-state index contributed by atoms with van der Waals surface area (Å²) in [7, 11) is 0. The Labute approximate surface area is 292 Å². The minimum atomic E-state index is 1.11.